The van der Waals surface area contributed by atoms with Gasteiger partial charge in [-0.15, -0.1) is 0 Å². The van der Waals surface area contributed by atoms with Crippen molar-refractivity contribution in [2.75, 3.05) is 26.7 Å². The number of benzene rings is 1. The Labute approximate surface area is 112 Å². The molecular weight excluding hydrogens is 247 g/mol. The van der Waals surface area contributed by atoms with Gasteiger partial charge in [-0.1, -0.05) is 0 Å². The van der Waals surface area contributed by atoms with Crippen LogP contribution in [0.25, 0.3) is 0 Å². The van der Waals surface area contributed by atoms with Gasteiger partial charge in [-0.2, -0.15) is 0 Å². The largest absolute Gasteiger partial charge is 0.497 e. The van der Waals surface area contributed by atoms with Crippen molar-refractivity contribution in [3.8, 4) is 5.75 Å². The maximum atomic E-state index is 13.7. The van der Waals surface area contributed by atoms with E-state index in [-0.39, 0.29) is 11.5 Å². The number of rotatable bonds is 4. The van der Waals surface area contributed by atoms with Gasteiger partial charge in [0, 0.05) is 12.6 Å². The highest BCUT2D eigenvalue weighted by atomic mass is 19.1. The van der Waals surface area contributed by atoms with Crippen molar-refractivity contribution < 1.29 is 13.9 Å². The first-order chi connectivity index (χ1) is 9.20. The number of carbonyl (C=O) groups excluding carboxylic acids is 1. The first-order valence-corrected chi connectivity index (χ1v) is 6.53. The summed E-state index contributed by atoms with van der Waals surface area (Å²) >= 11 is 0. The van der Waals surface area contributed by atoms with Crippen LogP contribution in [0.2, 0.25) is 0 Å². The quantitative estimate of drug-likeness (QED) is 0.869. The molecule has 1 fully saturated rings. The van der Waals surface area contributed by atoms with Crippen molar-refractivity contribution in [2.45, 2.75) is 12.8 Å². The van der Waals surface area contributed by atoms with E-state index in [1.807, 2.05) is 0 Å². The Bertz CT molecular complexity index is 445. The minimum absolute atomic E-state index is 0.0598. The highest BCUT2D eigenvalue weighted by molar-refractivity contribution is 5.94. The number of nitrogens with one attached hydrogen (secondary N) is 2. The zero-order chi connectivity index (χ0) is 13.7. The number of ether oxygens (including phenoxy) is 1. The molecule has 1 atom stereocenters. The van der Waals surface area contributed by atoms with E-state index in [4.69, 9.17) is 4.74 Å². The SMILES string of the molecule is COc1ccc(C(=O)NCC2CCCNC2)c(F)c1. The van der Waals surface area contributed by atoms with Crippen molar-refractivity contribution in [3.63, 3.8) is 0 Å². The lowest BCUT2D eigenvalue weighted by Gasteiger charge is -2.22. The number of halogens is 1. The molecule has 1 saturated heterocycles. The Morgan fingerprint density at radius 1 is 1.58 bits per heavy atom. The minimum atomic E-state index is -0.557. The average Bonchev–Trinajstić information content (AvgIpc) is 2.45. The van der Waals surface area contributed by atoms with Crippen LogP contribution in [-0.4, -0.2) is 32.7 Å². The van der Waals surface area contributed by atoms with Crippen molar-refractivity contribution in [1.82, 2.24) is 10.6 Å². The van der Waals surface area contributed by atoms with E-state index in [1.54, 1.807) is 6.07 Å². The molecule has 1 aromatic carbocycles. The zero-order valence-corrected chi connectivity index (χ0v) is 11.0. The lowest BCUT2D eigenvalue weighted by molar-refractivity contribution is 0.0940. The predicted octanol–water partition coefficient (Wildman–Crippen LogP) is 1.56. The van der Waals surface area contributed by atoms with E-state index in [0.717, 1.165) is 25.9 Å². The number of amides is 1. The molecule has 4 nitrogen and oxygen atoms in total. The molecule has 0 aromatic heterocycles. The van der Waals surface area contributed by atoms with Crippen LogP contribution in [-0.2, 0) is 0 Å². The van der Waals surface area contributed by atoms with Crippen molar-refractivity contribution >= 4 is 5.91 Å². The van der Waals surface area contributed by atoms with Crippen LogP contribution < -0.4 is 15.4 Å². The fourth-order valence-electron chi connectivity index (χ4n) is 2.24. The Balaban J connectivity index is 1.92. The van der Waals surface area contributed by atoms with Gasteiger partial charge >= 0.3 is 0 Å². The molecule has 5 heteroatoms. The fourth-order valence-corrected chi connectivity index (χ4v) is 2.24. The van der Waals surface area contributed by atoms with Gasteiger partial charge in [0.1, 0.15) is 11.6 Å². The molecule has 1 unspecified atom stereocenters. The highest BCUT2D eigenvalue weighted by Crippen LogP contribution is 2.16. The highest BCUT2D eigenvalue weighted by Gasteiger charge is 2.16. The molecule has 1 aliphatic rings. The molecular formula is C14H19FN2O2. The third-order valence-corrected chi connectivity index (χ3v) is 3.37. The number of hydrogen-bond acceptors (Lipinski definition) is 3. The van der Waals surface area contributed by atoms with Crippen LogP contribution in [0.5, 0.6) is 5.75 Å². The summed E-state index contributed by atoms with van der Waals surface area (Å²) in [4.78, 5) is 11.9. The standard InChI is InChI=1S/C14H19FN2O2/c1-19-11-4-5-12(13(15)7-11)14(18)17-9-10-3-2-6-16-8-10/h4-5,7,10,16H,2-3,6,8-9H2,1H3,(H,17,18). The summed E-state index contributed by atoms with van der Waals surface area (Å²) in [6.45, 7) is 2.53. The van der Waals surface area contributed by atoms with Crippen LogP contribution in [0.1, 0.15) is 23.2 Å². The second-order valence-electron chi connectivity index (χ2n) is 4.77. The first kappa shape index (κ1) is 13.8. The van der Waals surface area contributed by atoms with E-state index in [9.17, 15) is 9.18 Å². The molecule has 1 amide bonds. The molecule has 0 saturated carbocycles. The number of methoxy groups -OCH3 is 1. The normalized spacial score (nSPS) is 18.9. The van der Waals surface area contributed by atoms with Crippen LogP contribution in [0.4, 0.5) is 4.39 Å². The summed E-state index contributed by atoms with van der Waals surface area (Å²) in [7, 11) is 1.46. The molecule has 19 heavy (non-hydrogen) atoms. The molecule has 2 rings (SSSR count). The van der Waals surface area contributed by atoms with Gasteiger partial charge in [0.05, 0.1) is 12.7 Å². The predicted molar refractivity (Wildman–Crippen MR) is 70.9 cm³/mol. The first-order valence-electron chi connectivity index (χ1n) is 6.53. The molecule has 0 spiro atoms. The number of hydrogen-bond donors (Lipinski definition) is 2. The summed E-state index contributed by atoms with van der Waals surface area (Å²) in [5, 5.41) is 6.07. The molecule has 1 aliphatic heterocycles. The summed E-state index contributed by atoms with van der Waals surface area (Å²) < 4.78 is 18.6. The molecule has 0 radical (unpaired) electrons. The number of piperidine rings is 1. The fraction of sp³-hybridized carbons (Fsp3) is 0.500. The summed E-state index contributed by atoms with van der Waals surface area (Å²) in [6.07, 6.45) is 2.22. The summed E-state index contributed by atoms with van der Waals surface area (Å²) in [5.41, 5.74) is 0.0598. The third-order valence-electron chi connectivity index (χ3n) is 3.37. The van der Waals surface area contributed by atoms with Gasteiger partial charge in [0.2, 0.25) is 0 Å². The van der Waals surface area contributed by atoms with E-state index in [1.165, 1.54) is 19.2 Å². The monoisotopic (exact) mass is 266 g/mol. The Hall–Kier alpha value is -1.62. The van der Waals surface area contributed by atoms with Crippen LogP contribution in [0.15, 0.2) is 18.2 Å². The topological polar surface area (TPSA) is 50.4 Å². The van der Waals surface area contributed by atoms with Crippen LogP contribution in [0, 0.1) is 11.7 Å². The lowest BCUT2D eigenvalue weighted by atomic mass is 9.99. The summed E-state index contributed by atoms with van der Waals surface area (Å²) in [5.74, 6) is -0.0890. The molecule has 1 heterocycles. The van der Waals surface area contributed by atoms with Gasteiger partial charge in [-0.3, -0.25) is 4.79 Å². The molecule has 2 N–H and O–H groups in total. The Morgan fingerprint density at radius 2 is 2.42 bits per heavy atom. The van der Waals surface area contributed by atoms with Crippen molar-refractivity contribution in [1.29, 1.82) is 0 Å². The Kier molecular flexibility index (Phi) is 4.74. The van der Waals surface area contributed by atoms with E-state index in [2.05, 4.69) is 10.6 Å². The van der Waals surface area contributed by atoms with Crippen molar-refractivity contribution in [2.24, 2.45) is 5.92 Å². The minimum Gasteiger partial charge on any atom is -0.497 e. The molecule has 104 valence electrons. The summed E-state index contributed by atoms with van der Waals surface area (Å²) in [6, 6.07) is 4.25. The number of carbonyl (C=O) groups is 1. The van der Waals surface area contributed by atoms with Gasteiger partial charge in [0.15, 0.2) is 0 Å². The van der Waals surface area contributed by atoms with Crippen LogP contribution in [0.3, 0.4) is 0 Å². The van der Waals surface area contributed by atoms with E-state index in [0.29, 0.717) is 18.2 Å². The third kappa shape index (κ3) is 3.67. The van der Waals surface area contributed by atoms with Gasteiger partial charge < -0.3 is 15.4 Å². The molecule has 0 bridgehead atoms. The molecule has 0 aliphatic carbocycles. The second-order valence-corrected chi connectivity index (χ2v) is 4.77. The van der Waals surface area contributed by atoms with Gasteiger partial charge in [0.25, 0.3) is 5.91 Å². The van der Waals surface area contributed by atoms with Crippen LogP contribution >= 0.6 is 0 Å². The van der Waals surface area contributed by atoms with Gasteiger partial charge in [-0.25, -0.2) is 4.39 Å². The molecule has 1 aromatic rings. The van der Waals surface area contributed by atoms with E-state index >= 15 is 0 Å². The van der Waals surface area contributed by atoms with Gasteiger partial charge in [-0.05, 0) is 44.0 Å². The average molecular weight is 266 g/mol. The Morgan fingerprint density at radius 3 is 3.05 bits per heavy atom. The lowest BCUT2D eigenvalue weighted by Crippen LogP contribution is -2.38. The zero-order valence-electron chi connectivity index (χ0n) is 11.0. The maximum absolute atomic E-state index is 13.7. The maximum Gasteiger partial charge on any atom is 0.254 e. The second kappa shape index (κ2) is 6.52. The van der Waals surface area contributed by atoms with Crippen molar-refractivity contribution in [3.05, 3.63) is 29.6 Å². The van der Waals surface area contributed by atoms with E-state index < -0.39 is 5.82 Å². The smallest absolute Gasteiger partial charge is 0.254 e.